The summed E-state index contributed by atoms with van der Waals surface area (Å²) in [4.78, 5) is 19.5. The van der Waals surface area contributed by atoms with Gasteiger partial charge in [0.15, 0.2) is 5.41 Å². The minimum Gasteiger partial charge on any atom is -0.293 e. The smallest absolute Gasteiger partial charge is 0.257 e. The average molecular weight is 352 g/mol. The Hall–Kier alpha value is -3.70. The first-order valence-corrected chi connectivity index (χ1v) is 8.68. The fraction of sp³-hybridized carbons (Fsp3) is 0.182. The molecule has 0 aliphatic carbocycles. The molecule has 0 spiro atoms. The molecule has 4 rings (SSSR count). The van der Waals surface area contributed by atoms with Gasteiger partial charge >= 0.3 is 0 Å². The van der Waals surface area contributed by atoms with Gasteiger partial charge < -0.3 is 0 Å². The molecule has 5 nitrogen and oxygen atoms in total. The zero-order chi connectivity index (χ0) is 19.0. The zero-order valence-corrected chi connectivity index (χ0v) is 14.8. The molecule has 2 aliphatic heterocycles. The van der Waals surface area contributed by atoms with Crippen LogP contribution in [0.5, 0.6) is 0 Å². The van der Waals surface area contributed by atoms with E-state index in [9.17, 15) is 15.3 Å². The molecule has 0 N–H and O–H groups in total. The summed E-state index contributed by atoms with van der Waals surface area (Å²) in [5, 5.41) is 19.9. The Balaban J connectivity index is 2.05. The lowest BCUT2D eigenvalue weighted by molar-refractivity contribution is -0.129. The normalized spacial score (nSPS) is 21.0. The number of hydrogen-bond acceptors (Lipinski definition) is 4. The summed E-state index contributed by atoms with van der Waals surface area (Å²) in [6, 6.07) is 18.9. The number of carbonyl (C=O) groups is 1. The summed E-state index contributed by atoms with van der Waals surface area (Å²) in [5.74, 6) is 0.234. The van der Waals surface area contributed by atoms with Crippen molar-refractivity contribution < 1.29 is 4.79 Å². The second kappa shape index (κ2) is 6.23. The zero-order valence-electron chi connectivity index (χ0n) is 14.8. The van der Waals surface area contributed by atoms with Crippen molar-refractivity contribution in [2.45, 2.75) is 12.3 Å². The molecule has 2 aromatic carbocycles. The molecule has 0 radical (unpaired) electrons. The second-order valence-corrected chi connectivity index (χ2v) is 6.64. The first-order chi connectivity index (χ1) is 13.1. The molecule has 5 heteroatoms. The summed E-state index contributed by atoms with van der Waals surface area (Å²) in [5.41, 5.74) is 1.58. The number of hydrogen-bond donors (Lipinski definition) is 0. The van der Waals surface area contributed by atoms with E-state index in [0.29, 0.717) is 35.6 Å². The fourth-order valence-electron chi connectivity index (χ4n) is 3.72. The Morgan fingerprint density at radius 3 is 2.56 bits per heavy atom. The van der Waals surface area contributed by atoms with Crippen LogP contribution in [-0.4, -0.2) is 29.7 Å². The third kappa shape index (κ3) is 2.37. The summed E-state index contributed by atoms with van der Waals surface area (Å²) >= 11 is 0. The molecule has 1 amide bonds. The van der Waals surface area contributed by atoms with Crippen molar-refractivity contribution in [2.75, 3.05) is 13.1 Å². The molecule has 0 saturated carbocycles. The van der Waals surface area contributed by atoms with Crippen molar-refractivity contribution in [3.63, 3.8) is 0 Å². The number of amides is 1. The number of fused-ring (bicyclic) bond motifs is 1. The van der Waals surface area contributed by atoms with Gasteiger partial charge in [-0.05, 0) is 30.2 Å². The van der Waals surface area contributed by atoms with E-state index >= 15 is 0 Å². The molecule has 2 aromatic rings. The molecule has 0 aromatic heterocycles. The van der Waals surface area contributed by atoms with Crippen LogP contribution in [0.3, 0.4) is 0 Å². The maximum Gasteiger partial charge on any atom is 0.257 e. The van der Waals surface area contributed by atoms with Crippen molar-refractivity contribution >= 4 is 17.3 Å². The van der Waals surface area contributed by atoms with Crippen LogP contribution in [-0.2, 0) is 10.2 Å². The highest BCUT2D eigenvalue weighted by atomic mass is 16.2. The number of benzene rings is 2. The third-order valence-electron chi connectivity index (χ3n) is 5.10. The third-order valence-corrected chi connectivity index (χ3v) is 5.10. The molecule has 27 heavy (non-hydrogen) atoms. The Kier molecular flexibility index (Phi) is 3.86. The SMILES string of the molecule is Cc1ccc(C2=CC3=NCCN3C(=O)[C@@]2(C#N)c2ccccc2C#N)cc1. The van der Waals surface area contributed by atoms with Gasteiger partial charge in [-0.2, -0.15) is 10.5 Å². The number of nitrogens with zero attached hydrogens (tertiary/aromatic N) is 4. The quantitative estimate of drug-likeness (QED) is 0.833. The van der Waals surface area contributed by atoms with Crippen molar-refractivity contribution in [2.24, 2.45) is 4.99 Å². The van der Waals surface area contributed by atoms with Crippen LogP contribution in [0, 0.1) is 29.6 Å². The van der Waals surface area contributed by atoms with Gasteiger partial charge in [0, 0.05) is 12.1 Å². The molecule has 2 aliphatic rings. The predicted octanol–water partition coefficient (Wildman–Crippen LogP) is 2.97. The number of rotatable bonds is 2. The van der Waals surface area contributed by atoms with Crippen LogP contribution in [0.4, 0.5) is 0 Å². The Bertz CT molecular complexity index is 1080. The van der Waals surface area contributed by atoms with E-state index in [0.717, 1.165) is 11.1 Å². The topological polar surface area (TPSA) is 80.2 Å². The van der Waals surface area contributed by atoms with Crippen LogP contribution >= 0.6 is 0 Å². The van der Waals surface area contributed by atoms with Crippen LogP contribution in [0.25, 0.3) is 5.57 Å². The number of nitriles is 2. The lowest BCUT2D eigenvalue weighted by atomic mass is 9.68. The van der Waals surface area contributed by atoms with Gasteiger partial charge in [0.25, 0.3) is 5.91 Å². The fourth-order valence-corrected chi connectivity index (χ4v) is 3.72. The van der Waals surface area contributed by atoms with Gasteiger partial charge in [-0.3, -0.25) is 14.7 Å². The standard InChI is InChI=1S/C22H16N4O/c1-15-6-8-16(9-7-15)19-12-20-25-10-11-26(20)21(27)22(19,14-24)18-5-3-2-4-17(18)13-23/h2-9,12H,10-11H2,1H3/t22-/m0/s1. The van der Waals surface area contributed by atoms with Gasteiger partial charge in [0.1, 0.15) is 5.84 Å². The van der Waals surface area contributed by atoms with E-state index in [1.807, 2.05) is 37.3 Å². The Morgan fingerprint density at radius 1 is 1.11 bits per heavy atom. The number of carbonyl (C=O) groups excluding carboxylic acids is 1. The molecule has 0 unspecified atom stereocenters. The largest absolute Gasteiger partial charge is 0.293 e. The van der Waals surface area contributed by atoms with E-state index in [1.54, 1.807) is 29.2 Å². The second-order valence-electron chi connectivity index (χ2n) is 6.64. The number of amidine groups is 1. The van der Waals surface area contributed by atoms with E-state index in [4.69, 9.17) is 0 Å². The van der Waals surface area contributed by atoms with E-state index in [-0.39, 0.29) is 5.91 Å². The maximum atomic E-state index is 13.6. The highest BCUT2D eigenvalue weighted by Gasteiger charge is 2.52. The first kappa shape index (κ1) is 16.8. The number of aliphatic imine (C=N–C) groups is 1. The Morgan fingerprint density at radius 2 is 1.85 bits per heavy atom. The summed E-state index contributed by atoms with van der Waals surface area (Å²) in [6.07, 6.45) is 1.82. The van der Waals surface area contributed by atoms with Crippen molar-refractivity contribution in [1.29, 1.82) is 10.5 Å². The molecule has 0 fully saturated rings. The molecule has 130 valence electrons. The van der Waals surface area contributed by atoms with Gasteiger partial charge in [-0.15, -0.1) is 0 Å². The molecular formula is C22H16N4O. The molecule has 2 heterocycles. The highest BCUT2D eigenvalue weighted by molar-refractivity contribution is 6.22. The summed E-state index contributed by atoms with van der Waals surface area (Å²) in [6.45, 7) is 2.94. The maximum absolute atomic E-state index is 13.6. The lowest BCUT2D eigenvalue weighted by Crippen LogP contribution is -2.51. The van der Waals surface area contributed by atoms with Crippen LogP contribution < -0.4 is 0 Å². The van der Waals surface area contributed by atoms with Crippen molar-refractivity contribution in [3.8, 4) is 12.1 Å². The highest BCUT2D eigenvalue weighted by Crippen LogP contribution is 2.44. The average Bonchev–Trinajstić information content (AvgIpc) is 3.18. The lowest BCUT2D eigenvalue weighted by Gasteiger charge is -2.37. The van der Waals surface area contributed by atoms with Gasteiger partial charge in [0.2, 0.25) is 0 Å². The van der Waals surface area contributed by atoms with E-state index < -0.39 is 5.41 Å². The Labute approximate surface area is 157 Å². The minimum absolute atomic E-state index is 0.324. The van der Waals surface area contributed by atoms with Crippen LogP contribution in [0.2, 0.25) is 0 Å². The summed E-state index contributed by atoms with van der Waals surface area (Å²) < 4.78 is 0. The van der Waals surface area contributed by atoms with Crippen LogP contribution in [0.1, 0.15) is 22.3 Å². The van der Waals surface area contributed by atoms with Gasteiger partial charge in [-0.1, -0.05) is 48.0 Å². The van der Waals surface area contributed by atoms with E-state index in [2.05, 4.69) is 17.1 Å². The van der Waals surface area contributed by atoms with Crippen molar-refractivity contribution in [1.82, 2.24) is 4.90 Å². The minimum atomic E-state index is -1.58. The van der Waals surface area contributed by atoms with Crippen LogP contribution in [0.15, 0.2) is 59.6 Å². The van der Waals surface area contributed by atoms with Gasteiger partial charge in [0.05, 0.1) is 24.2 Å². The van der Waals surface area contributed by atoms with Crippen molar-refractivity contribution in [3.05, 3.63) is 76.9 Å². The van der Waals surface area contributed by atoms with E-state index in [1.165, 1.54) is 0 Å². The predicted molar refractivity (Wildman–Crippen MR) is 102 cm³/mol. The molecular weight excluding hydrogens is 336 g/mol. The number of aryl methyl sites for hydroxylation is 1. The first-order valence-electron chi connectivity index (χ1n) is 8.68. The molecule has 0 bridgehead atoms. The molecule has 0 saturated heterocycles. The molecule has 1 atom stereocenters. The monoisotopic (exact) mass is 352 g/mol. The summed E-state index contributed by atoms with van der Waals surface area (Å²) in [7, 11) is 0. The van der Waals surface area contributed by atoms with Gasteiger partial charge in [-0.25, -0.2) is 0 Å².